The van der Waals surface area contributed by atoms with Crippen LogP contribution in [0.5, 0.6) is 0 Å². The van der Waals surface area contributed by atoms with E-state index in [0.29, 0.717) is 6.20 Å². The fourth-order valence-corrected chi connectivity index (χ4v) is 5.40. The molecule has 9 heteroatoms. The second-order valence-electron chi connectivity index (χ2n) is 9.56. The number of nitrogens with zero attached hydrogens (tertiary/aromatic N) is 1. The van der Waals surface area contributed by atoms with Gasteiger partial charge in [0.1, 0.15) is 12.2 Å². The lowest BCUT2D eigenvalue weighted by Gasteiger charge is -2.32. The molecule has 4 rings (SSSR count). The van der Waals surface area contributed by atoms with Gasteiger partial charge in [-0.25, -0.2) is 4.79 Å². The monoisotopic (exact) mass is 490 g/mol. The van der Waals surface area contributed by atoms with Gasteiger partial charge >= 0.3 is 5.69 Å². The van der Waals surface area contributed by atoms with Gasteiger partial charge in [-0.3, -0.25) is 14.3 Å². The molecule has 2 aliphatic heterocycles. The molecule has 0 bridgehead atoms. The van der Waals surface area contributed by atoms with Gasteiger partial charge < -0.3 is 19.7 Å². The number of aliphatic hydroxyl groups is 2. The topological polar surface area (TPSA) is 114 Å². The summed E-state index contributed by atoms with van der Waals surface area (Å²) >= 11 is 0. The maximum Gasteiger partial charge on any atom is 0.330 e. The SMILES string of the molecule is CCCCCc1cc2c(cc1CCCCC)[C@@]1(OC2)[C@@H](CO)O[C@@H](n2cc(F)c(=O)[nH]c2=O)[C@@H]1O. The Bertz CT molecular complexity index is 1160. The van der Waals surface area contributed by atoms with E-state index < -0.39 is 47.7 Å². The van der Waals surface area contributed by atoms with Crippen molar-refractivity contribution in [3.05, 3.63) is 67.2 Å². The Balaban J connectivity index is 1.75. The molecular weight excluding hydrogens is 455 g/mol. The van der Waals surface area contributed by atoms with Crippen LogP contribution in [-0.4, -0.2) is 38.6 Å². The Morgan fingerprint density at radius 3 is 2.40 bits per heavy atom. The number of fused-ring (bicyclic) bond motifs is 2. The van der Waals surface area contributed by atoms with Gasteiger partial charge in [0.15, 0.2) is 11.8 Å². The number of nitrogens with one attached hydrogen (secondary N) is 1. The second kappa shape index (κ2) is 10.7. The van der Waals surface area contributed by atoms with E-state index in [0.717, 1.165) is 67.1 Å². The van der Waals surface area contributed by atoms with Gasteiger partial charge in [0, 0.05) is 0 Å². The van der Waals surface area contributed by atoms with Gasteiger partial charge in [0.05, 0.1) is 19.4 Å². The van der Waals surface area contributed by atoms with Crippen LogP contribution in [0.15, 0.2) is 27.9 Å². The zero-order chi connectivity index (χ0) is 25.2. The molecule has 1 fully saturated rings. The maximum absolute atomic E-state index is 14.0. The van der Waals surface area contributed by atoms with Crippen molar-refractivity contribution in [1.29, 1.82) is 0 Å². The third-order valence-electron chi connectivity index (χ3n) is 7.27. The van der Waals surface area contributed by atoms with Crippen LogP contribution in [0.1, 0.15) is 80.9 Å². The standard InChI is InChI=1S/C26H35FN2O6/c1-3-5-7-9-16-11-18-15-34-26(19(18)12-17(16)10-8-6-4-2)21(14-30)35-24(22(26)31)29-13-20(27)23(32)28-25(29)33/h11-13,21-22,24,30-31H,3-10,14-15H2,1-2H3,(H,28,32,33)/t21-,22+,24-,26-/m1/s1. The van der Waals surface area contributed by atoms with Crippen LogP contribution in [0, 0.1) is 5.82 Å². The molecule has 0 amide bonds. The number of aromatic nitrogens is 2. The van der Waals surface area contributed by atoms with Gasteiger partial charge in [-0.15, -0.1) is 0 Å². The minimum Gasteiger partial charge on any atom is -0.394 e. The number of ether oxygens (including phenoxy) is 2. The van der Waals surface area contributed by atoms with Crippen molar-refractivity contribution in [2.24, 2.45) is 0 Å². The molecular formula is C26H35FN2O6. The number of halogens is 1. The average Bonchev–Trinajstić information content (AvgIpc) is 3.35. The lowest BCUT2D eigenvalue weighted by molar-refractivity contribution is -0.135. The van der Waals surface area contributed by atoms with E-state index in [1.54, 1.807) is 0 Å². The Morgan fingerprint density at radius 1 is 1.11 bits per heavy atom. The molecule has 192 valence electrons. The molecule has 1 aromatic carbocycles. The minimum absolute atomic E-state index is 0.226. The van der Waals surface area contributed by atoms with Gasteiger partial charge in [-0.1, -0.05) is 51.7 Å². The Hall–Kier alpha value is -2.33. The molecule has 0 saturated carbocycles. The second-order valence-corrected chi connectivity index (χ2v) is 9.56. The van der Waals surface area contributed by atoms with E-state index in [4.69, 9.17) is 9.47 Å². The van der Waals surface area contributed by atoms with Crippen molar-refractivity contribution in [1.82, 2.24) is 9.55 Å². The third-order valence-corrected chi connectivity index (χ3v) is 7.27. The number of unbranched alkanes of at least 4 members (excludes halogenated alkanes) is 4. The lowest BCUT2D eigenvalue weighted by atomic mass is 9.81. The number of hydrogen-bond donors (Lipinski definition) is 3. The number of H-pyrrole nitrogens is 1. The molecule has 1 aromatic heterocycles. The highest BCUT2D eigenvalue weighted by Gasteiger charge is 2.62. The number of hydrogen-bond acceptors (Lipinski definition) is 6. The quantitative estimate of drug-likeness (QED) is 0.442. The predicted octanol–water partition coefficient (Wildman–Crippen LogP) is 2.82. The van der Waals surface area contributed by atoms with Crippen LogP contribution in [0.2, 0.25) is 0 Å². The van der Waals surface area contributed by atoms with Crippen LogP contribution in [0.3, 0.4) is 0 Å². The van der Waals surface area contributed by atoms with Crippen LogP contribution < -0.4 is 11.2 Å². The van der Waals surface area contributed by atoms with Gasteiger partial charge in [-0.05, 0) is 47.9 Å². The van der Waals surface area contributed by atoms with Gasteiger partial charge in [0.2, 0.25) is 5.82 Å². The third kappa shape index (κ3) is 4.62. The van der Waals surface area contributed by atoms with Crippen molar-refractivity contribution in [2.45, 2.75) is 95.9 Å². The molecule has 1 spiro atoms. The molecule has 2 aliphatic rings. The summed E-state index contributed by atoms with van der Waals surface area (Å²) in [6, 6.07) is 4.20. The summed E-state index contributed by atoms with van der Waals surface area (Å²) in [5.41, 5.74) is 0.632. The molecule has 0 unspecified atom stereocenters. The summed E-state index contributed by atoms with van der Waals surface area (Å²) < 4.78 is 26.8. The highest BCUT2D eigenvalue weighted by molar-refractivity contribution is 5.46. The van der Waals surface area contributed by atoms with Crippen molar-refractivity contribution in [3.8, 4) is 0 Å². The van der Waals surface area contributed by atoms with E-state index in [9.17, 15) is 24.2 Å². The van der Waals surface area contributed by atoms with E-state index in [1.807, 2.05) is 4.98 Å². The number of aromatic amines is 1. The predicted molar refractivity (Wildman–Crippen MR) is 128 cm³/mol. The van der Waals surface area contributed by atoms with Crippen LogP contribution in [0.25, 0.3) is 0 Å². The Morgan fingerprint density at radius 2 is 1.77 bits per heavy atom. The normalized spacial score (nSPS) is 25.5. The number of rotatable bonds is 10. The molecule has 8 nitrogen and oxygen atoms in total. The number of aliphatic hydroxyl groups excluding tert-OH is 2. The Kier molecular flexibility index (Phi) is 7.90. The molecule has 2 aromatic rings. The van der Waals surface area contributed by atoms with E-state index >= 15 is 0 Å². The van der Waals surface area contributed by atoms with Crippen LogP contribution in [0.4, 0.5) is 4.39 Å². The first-order valence-corrected chi connectivity index (χ1v) is 12.6. The summed E-state index contributed by atoms with van der Waals surface area (Å²) in [5, 5.41) is 21.6. The summed E-state index contributed by atoms with van der Waals surface area (Å²) in [5.74, 6) is -1.18. The highest BCUT2D eigenvalue weighted by atomic mass is 19.1. The molecule has 3 heterocycles. The van der Waals surface area contributed by atoms with Crippen molar-refractivity contribution >= 4 is 0 Å². The molecule has 4 atom stereocenters. The van der Waals surface area contributed by atoms with Crippen molar-refractivity contribution in [3.63, 3.8) is 0 Å². The Labute approximate surface area is 203 Å². The van der Waals surface area contributed by atoms with E-state index in [-0.39, 0.29) is 6.61 Å². The summed E-state index contributed by atoms with van der Waals surface area (Å²) in [4.78, 5) is 25.8. The zero-order valence-corrected chi connectivity index (χ0v) is 20.4. The van der Waals surface area contributed by atoms with Gasteiger partial charge in [-0.2, -0.15) is 4.39 Å². The largest absolute Gasteiger partial charge is 0.394 e. The molecule has 35 heavy (non-hydrogen) atoms. The first-order chi connectivity index (χ1) is 16.9. The first kappa shape index (κ1) is 25.8. The fraction of sp³-hybridized carbons (Fsp3) is 0.615. The van der Waals surface area contributed by atoms with E-state index in [1.165, 1.54) is 11.1 Å². The molecule has 1 saturated heterocycles. The smallest absolute Gasteiger partial charge is 0.330 e. The lowest BCUT2D eigenvalue weighted by Crippen LogP contribution is -2.47. The first-order valence-electron chi connectivity index (χ1n) is 12.6. The zero-order valence-electron chi connectivity index (χ0n) is 20.4. The van der Waals surface area contributed by atoms with Crippen molar-refractivity contribution < 1.29 is 24.1 Å². The van der Waals surface area contributed by atoms with Crippen molar-refractivity contribution in [2.75, 3.05) is 6.61 Å². The van der Waals surface area contributed by atoms with E-state index in [2.05, 4.69) is 26.0 Å². The highest BCUT2D eigenvalue weighted by Crippen LogP contribution is 2.52. The maximum atomic E-state index is 14.0. The van der Waals surface area contributed by atoms with Gasteiger partial charge in [0.25, 0.3) is 5.56 Å². The van der Waals surface area contributed by atoms with Crippen LogP contribution in [-0.2, 0) is 34.5 Å². The van der Waals surface area contributed by atoms with Crippen LogP contribution >= 0.6 is 0 Å². The fourth-order valence-electron chi connectivity index (χ4n) is 5.40. The average molecular weight is 491 g/mol. The number of benzene rings is 1. The number of aryl methyl sites for hydroxylation is 2. The molecule has 3 N–H and O–H groups in total. The molecule has 0 aliphatic carbocycles. The molecule has 0 radical (unpaired) electrons. The summed E-state index contributed by atoms with van der Waals surface area (Å²) in [6.07, 6.45) is 5.47. The summed E-state index contributed by atoms with van der Waals surface area (Å²) in [6.45, 7) is 4.09. The summed E-state index contributed by atoms with van der Waals surface area (Å²) in [7, 11) is 0. The minimum atomic E-state index is -1.42.